The van der Waals surface area contributed by atoms with Crippen LogP contribution >= 0.6 is 0 Å². The van der Waals surface area contributed by atoms with Gasteiger partial charge in [-0.1, -0.05) is 78.9 Å². The van der Waals surface area contributed by atoms with Crippen LogP contribution in [0.4, 0.5) is 0 Å². The van der Waals surface area contributed by atoms with Gasteiger partial charge in [0.1, 0.15) is 11.2 Å². The Labute approximate surface area is 234 Å². The standard InChI is InChI=1S/C36H30BO3/c1-35(2,38)36(3,4)40-37-24-15-17-30-32-20-23(14-18-33(32)39-34(30)21-24)22-13-16-29-27-11-6-5-9-25(27)26-10-7-8-12-28(26)31(29)19-22/h5-21,38H,1-4H3. The summed E-state index contributed by atoms with van der Waals surface area (Å²) in [7, 11) is 1.69. The molecule has 1 radical (unpaired) electrons. The first-order valence-electron chi connectivity index (χ1n) is 13.7. The van der Waals surface area contributed by atoms with Crippen LogP contribution in [0.1, 0.15) is 27.7 Å². The topological polar surface area (TPSA) is 42.6 Å². The maximum absolute atomic E-state index is 10.4. The molecule has 6 aromatic carbocycles. The largest absolute Gasteiger partial charge is 0.456 e. The molecule has 0 aliphatic heterocycles. The lowest BCUT2D eigenvalue weighted by Gasteiger charge is -2.37. The third-order valence-corrected chi connectivity index (χ3v) is 8.54. The highest BCUT2D eigenvalue weighted by molar-refractivity contribution is 6.47. The third kappa shape index (κ3) is 3.99. The molecule has 0 fully saturated rings. The van der Waals surface area contributed by atoms with Gasteiger partial charge in [-0.25, -0.2) is 0 Å². The number of hydrogen-bond acceptors (Lipinski definition) is 3. The van der Waals surface area contributed by atoms with E-state index in [1.165, 1.54) is 37.9 Å². The zero-order chi connectivity index (χ0) is 27.6. The summed E-state index contributed by atoms with van der Waals surface area (Å²) >= 11 is 0. The Morgan fingerprint density at radius 3 is 1.70 bits per heavy atom. The van der Waals surface area contributed by atoms with Gasteiger partial charge in [0.25, 0.3) is 0 Å². The number of hydrogen-bond donors (Lipinski definition) is 1. The van der Waals surface area contributed by atoms with E-state index in [-0.39, 0.29) is 0 Å². The molecule has 0 aliphatic rings. The Balaban J connectivity index is 1.30. The lowest BCUT2D eigenvalue weighted by atomic mass is 9.82. The van der Waals surface area contributed by atoms with E-state index in [1.807, 2.05) is 26.0 Å². The Kier molecular flexibility index (Phi) is 5.57. The van der Waals surface area contributed by atoms with Crippen molar-refractivity contribution in [3.63, 3.8) is 0 Å². The molecular formula is C36H30BO3. The minimum absolute atomic E-state index is 0.734. The van der Waals surface area contributed by atoms with Crippen LogP contribution in [0.5, 0.6) is 0 Å². The molecule has 4 heteroatoms. The third-order valence-electron chi connectivity index (χ3n) is 8.54. The summed E-state index contributed by atoms with van der Waals surface area (Å²) < 4.78 is 12.2. The van der Waals surface area contributed by atoms with Crippen LogP contribution < -0.4 is 5.46 Å². The molecule has 7 aromatic rings. The van der Waals surface area contributed by atoms with Gasteiger partial charge in [0.05, 0.1) is 11.2 Å². The molecule has 0 spiro atoms. The van der Waals surface area contributed by atoms with Crippen molar-refractivity contribution in [2.75, 3.05) is 0 Å². The number of furan rings is 1. The predicted octanol–water partition coefficient (Wildman–Crippen LogP) is 8.52. The lowest BCUT2D eigenvalue weighted by Crippen LogP contribution is -2.49. The second-order valence-electron chi connectivity index (χ2n) is 11.7. The second-order valence-corrected chi connectivity index (χ2v) is 11.7. The van der Waals surface area contributed by atoms with Gasteiger partial charge in [0, 0.05) is 10.8 Å². The Bertz CT molecular complexity index is 2040. The summed E-state index contributed by atoms with van der Waals surface area (Å²) in [5.74, 6) is 0. The quantitative estimate of drug-likeness (QED) is 0.182. The van der Waals surface area contributed by atoms with Crippen molar-refractivity contribution in [3.05, 3.63) is 103 Å². The van der Waals surface area contributed by atoms with Gasteiger partial charge in [-0.05, 0) is 101 Å². The van der Waals surface area contributed by atoms with E-state index in [9.17, 15) is 5.11 Å². The number of rotatable bonds is 5. The molecule has 3 nitrogen and oxygen atoms in total. The highest BCUT2D eigenvalue weighted by atomic mass is 16.5. The van der Waals surface area contributed by atoms with Crippen LogP contribution in [-0.4, -0.2) is 23.8 Å². The Morgan fingerprint density at radius 2 is 1.07 bits per heavy atom. The van der Waals surface area contributed by atoms with Gasteiger partial charge in [-0.15, -0.1) is 0 Å². The Hall–Kier alpha value is -4.12. The molecule has 0 amide bonds. The van der Waals surface area contributed by atoms with Crippen molar-refractivity contribution in [2.45, 2.75) is 38.9 Å². The molecule has 0 unspecified atom stereocenters. The molecular weight excluding hydrogens is 491 g/mol. The van der Waals surface area contributed by atoms with E-state index >= 15 is 0 Å². The normalized spacial score (nSPS) is 12.7. The summed E-state index contributed by atoms with van der Waals surface area (Å²) in [4.78, 5) is 0. The maximum atomic E-state index is 10.4. The summed E-state index contributed by atoms with van der Waals surface area (Å²) in [6.07, 6.45) is 0. The summed E-state index contributed by atoms with van der Waals surface area (Å²) in [6.45, 7) is 7.26. The number of benzene rings is 6. The molecule has 0 bridgehead atoms. The fourth-order valence-electron chi connectivity index (χ4n) is 5.49. The monoisotopic (exact) mass is 521 g/mol. The molecule has 0 saturated carbocycles. The van der Waals surface area contributed by atoms with E-state index < -0.39 is 11.2 Å². The van der Waals surface area contributed by atoms with E-state index in [4.69, 9.17) is 9.07 Å². The van der Waals surface area contributed by atoms with Crippen LogP contribution in [-0.2, 0) is 4.65 Å². The first kappa shape index (κ1) is 24.9. The molecule has 195 valence electrons. The molecule has 7 rings (SSSR count). The van der Waals surface area contributed by atoms with Crippen molar-refractivity contribution in [3.8, 4) is 11.1 Å². The van der Waals surface area contributed by atoms with E-state index in [0.29, 0.717) is 0 Å². The fourth-order valence-corrected chi connectivity index (χ4v) is 5.49. The molecule has 1 heterocycles. The van der Waals surface area contributed by atoms with Gasteiger partial charge >= 0.3 is 7.48 Å². The van der Waals surface area contributed by atoms with Gasteiger partial charge in [0.15, 0.2) is 0 Å². The Morgan fingerprint density at radius 1 is 0.550 bits per heavy atom. The maximum Gasteiger partial charge on any atom is 0.331 e. The summed E-state index contributed by atoms with van der Waals surface area (Å²) in [5.41, 5.74) is 3.16. The average Bonchev–Trinajstić information content (AvgIpc) is 3.32. The molecule has 1 N–H and O–H groups in total. The van der Waals surface area contributed by atoms with Crippen molar-refractivity contribution in [2.24, 2.45) is 0 Å². The molecule has 0 saturated heterocycles. The minimum Gasteiger partial charge on any atom is -0.456 e. The van der Waals surface area contributed by atoms with Crippen molar-refractivity contribution >= 4 is 67.2 Å². The van der Waals surface area contributed by atoms with Gasteiger partial charge in [0.2, 0.25) is 0 Å². The first-order chi connectivity index (χ1) is 19.2. The van der Waals surface area contributed by atoms with Crippen LogP contribution in [0, 0.1) is 0 Å². The van der Waals surface area contributed by atoms with Crippen LogP contribution in [0.3, 0.4) is 0 Å². The highest BCUT2D eigenvalue weighted by Crippen LogP contribution is 2.38. The molecule has 1 aromatic heterocycles. The van der Waals surface area contributed by atoms with E-state index in [1.54, 1.807) is 21.3 Å². The van der Waals surface area contributed by atoms with Gasteiger partial charge in [-0.2, -0.15) is 0 Å². The first-order valence-corrected chi connectivity index (χ1v) is 13.7. The van der Waals surface area contributed by atoms with Crippen LogP contribution in [0.15, 0.2) is 108 Å². The lowest BCUT2D eigenvalue weighted by molar-refractivity contribution is -0.0893. The SMILES string of the molecule is CC(C)(O)C(C)(C)O[B]c1ccc2c(c1)oc1ccc(-c3ccc4c5ccccc5c5ccccc5c4c3)cc12. The zero-order valence-corrected chi connectivity index (χ0v) is 23.2. The van der Waals surface area contributed by atoms with E-state index in [2.05, 4.69) is 91.0 Å². The molecule has 40 heavy (non-hydrogen) atoms. The minimum atomic E-state index is -0.981. The van der Waals surface area contributed by atoms with Crippen molar-refractivity contribution in [1.82, 2.24) is 0 Å². The zero-order valence-electron chi connectivity index (χ0n) is 23.2. The predicted molar refractivity (Wildman–Crippen MR) is 169 cm³/mol. The molecule has 0 atom stereocenters. The smallest absolute Gasteiger partial charge is 0.331 e. The molecule has 0 aliphatic carbocycles. The number of aliphatic hydroxyl groups is 1. The fraction of sp³-hybridized carbons (Fsp3) is 0.167. The van der Waals surface area contributed by atoms with Crippen LogP contribution in [0.2, 0.25) is 0 Å². The summed E-state index contributed by atoms with van der Waals surface area (Å²) in [6, 6.07) is 36.7. The van der Waals surface area contributed by atoms with Crippen LogP contribution in [0.25, 0.3) is 65.4 Å². The second kappa shape index (κ2) is 8.95. The number of fused-ring (bicyclic) bond motifs is 9. The highest BCUT2D eigenvalue weighted by Gasteiger charge is 2.35. The summed E-state index contributed by atoms with van der Waals surface area (Å²) in [5, 5.41) is 20.2. The van der Waals surface area contributed by atoms with Crippen molar-refractivity contribution < 1.29 is 14.2 Å². The van der Waals surface area contributed by atoms with Gasteiger partial charge < -0.3 is 14.2 Å². The van der Waals surface area contributed by atoms with E-state index in [0.717, 1.165) is 33.0 Å². The van der Waals surface area contributed by atoms with Crippen molar-refractivity contribution in [1.29, 1.82) is 0 Å². The average molecular weight is 521 g/mol. The van der Waals surface area contributed by atoms with Gasteiger partial charge in [-0.3, -0.25) is 0 Å².